The minimum Gasteiger partial charge on any atom is -0.367 e. The van der Waals surface area contributed by atoms with E-state index in [0.29, 0.717) is 18.5 Å². The van der Waals surface area contributed by atoms with Crippen molar-refractivity contribution in [2.45, 2.75) is 32.2 Å². The molecule has 1 N–H and O–H groups in total. The molecular formula is C22H21N3OS2. The summed E-state index contributed by atoms with van der Waals surface area (Å²) in [4.78, 5) is 16.1. The van der Waals surface area contributed by atoms with E-state index in [9.17, 15) is 10.1 Å². The van der Waals surface area contributed by atoms with Gasteiger partial charge in [0.15, 0.2) is 0 Å². The lowest BCUT2D eigenvalue weighted by Gasteiger charge is -2.24. The monoisotopic (exact) mass is 407 g/mol. The van der Waals surface area contributed by atoms with Crippen molar-refractivity contribution < 1.29 is 4.79 Å². The van der Waals surface area contributed by atoms with Crippen molar-refractivity contribution in [3.8, 4) is 6.07 Å². The van der Waals surface area contributed by atoms with Gasteiger partial charge in [-0.25, -0.2) is 0 Å². The van der Waals surface area contributed by atoms with E-state index in [0.717, 1.165) is 42.1 Å². The van der Waals surface area contributed by atoms with Gasteiger partial charge in [0.05, 0.1) is 5.56 Å². The van der Waals surface area contributed by atoms with E-state index in [2.05, 4.69) is 45.2 Å². The number of benzene rings is 1. The Hall–Kier alpha value is -2.62. The first kappa shape index (κ1) is 18.7. The van der Waals surface area contributed by atoms with E-state index in [1.807, 2.05) is 18.2 Å². The molecule has 2 heterocycles. The maximum Gasteiger partial charge on any atom is 0.226 e. The van der Waals surface area contributed by atoms with E-state index in [1.54, 1.807) is 22.7 Å². The van der Waals surface area contributed by atoms with Crippen molar-refractivity contribution in [2.24, 2.45) is 0 Å². The Labute approximate surface area is 173 Å². The third kappa shape index (κ3) is 4.11. The number of carbonyl (C=O) groups is 1. The average Bonchev–Trinajstić information content (AvgIpc) is 3.43. The van der Waals surface area contributed by atoms with Crippen LogP contribution in [0.1, 0.15) is 34.4 Å². The number of aryl methyl sites for hydroxylation is 1. The summed E-state index contributed by atoms with van der Waals surface area (Å²) in [6, 6.07) is 14.6. The van der Waals surface area contributed by atoms with Gasteiger partial charge in [0.2, 0.25) is 5.91 Å². The molecule has 3 aromatic rings. The number of amides is 1. The molecule has 1 aromatic carbocycles. The van der Waals surface area contributed by atoms with Crippen molar-refractivity contribution in [3.05, 3.63) is 68.7 Å². The minimum absolute atomic E-state index is 0.0392. The highest BCUT2D eigenvalue weighted by atomic mass is 32.1. The van der Waals surface area contributed by atoms with Crippen LogP contribution in [0.15, 0.2) is 47.2 Å². The molecule has 0 atom stereocenters. The molecule has 0 radical (unpaired) electrons. The number of para-hydroxylation sites is 1. The van der Waals surface area contributed by atoms with Gasteiger partial charge in [-0.15, -0.1) is 11.3 Å². The Kier molecular flexibility index (Phi) is 5.75. The van der Waals surface area contributed by atoms with Crippen LogP contribution in [0.25, 0.3) is 0 Å². The maximum atomic E-state index is 12.6. The molecule has 1 aliphatic carbocycles. The number of hydrogen-bond acceptors (Lipinski definition) is 5. The lowest BCUT2D eigenvalue weighted by Crippen LogP contribution is -2.27. The highest BCUT2D eigenvalue weighted by Crippen LogP contribution is 2.38. The quantitative estimate of drug-likeness (QED) is 0.585. The summed E-state index contributed by atoms with van der Waals surface area (Å²) < 4.78 is 0. The molecule has 0 spiro atoms. The second-order valence-corrected chi connectivity index (χ2v) is 8.75. The highest BCUT2D eigenvalue weighted by molar-refractivity contribution is 7.16. The fraction of sp³-hybridized carbons (Fsp3) is 0.273. The maximum absolute atomic E-state index is 12.6. The lowest BCUT2D eigenvalue weighted by atomic mass is 10.1. The number of thiophene rings is 2. The van der Waals surface area contributed by atoms with Gasteiger partial charge in [0, 0.05) is 30.1 Å². The molecule has 6 heteroatoms. The Morgan fingerprint density at radius 3 is 2.82 bits per heavy atom. The normalized spacial score (nSPS) is 12.4. The zero-order valence-electron chi connectivity index (χ0n) is 15.5. The smallest absolute Gasteiger partial charge is 0.226 e. The third-order valence-corrected chi connectivity index (χ3v) is 6.91. The van der Waals surface area contributed by atoms with E-state index in [1.165, 1.54) is 10.4 Å². The Morgan fingerprint density at radius 2 is 2.07 bits per heavy atom. The van der Waals surface area contributed by atoms with Crippen LogP contribution < -0.4 is 10.2 Å². The van der Waals surface area contributed by atoms with Gasteiger partial charge in [0.1, 0.15) is 11.1 Å². The van der Waals surface area contributed by atoms with Crippen molar-refractivity contribution >= 4 is 39.3 Å². The molecule has 2 aromatic heterocycles. The molecule has 0 aliphatic heterocycles. The summed E-state index contributed by atoms with van der Waals surface area (Å²) >= 11 is 3.25. The van der Waals surface area contributed by atoms with Crippen LogP contribution in [-0.4, -0.2) is 12.5 Å². The molecule has 0 fully saturated rings. The van der Waals surface area contributed by atoms with E-state index in [-0.39, 0.29) is 5.91 Å². The van der Waals surface area contributed by atoms with Gasteiger partial charge in [-0.05, 0) is 59.3 Å². The minimum atomic E-state index is -0.0392. The van der Waals surface area contributed by atoms with Crippen LogP contribution in [0.2, 0.25) is 0 Å². The topological polar surface area (TPSA) is 56.1 Å². The van der Waals surface area contributed by atoms with Gasteiger partial charge in [-0.1, -0.05) is 18.2 Å². The SMILES string of the molecule is N#Cc1c(NC(=O)CCN(Cc2ccsc2)c2ccccc2)sc2c1CCC2. The first-order valence-corrected chi connectivity index (χ1v) is 11.2. The Morgan fingerprint density at radius 1 is 1.21 bits per heavy atom. The number of nitrogens with zero attached hydrogens (tertiary/aromatic N) is 2. The second-order valence-electron chi connectivity index (χ2n) is 6.86. The first-order chi connectivity index (χ1) is 13.7. The molecule has 1 amide bonds. The molecule has 4 rings (SSSR count). The summed E-state index contributed by atoms with van der Waals surface area (Å²) in [5.74, 6) is -0.0392. The molecule has 4 nitrogen and oxygen atoms in total. The summed E-state index contributed by atoms with van der Waals surface area (Å²) in [6.07, 6.45) is 3.46. The fourth-order valence-corrected chi connectivity index (χ4v) is 5.49. The zero-order chi connectivity index (χ0) is 19.3. The number of nitriles is 1. The number of carbonyl (C=O) groups excluding carboxylic acids is 1. The van der Waals surface area contributed by atoms with Gasteiger partial charge >= 0.3 is 0 Å². The van der Waals surface area contributed by atoms with Crippen LogP contribution in [-0.2, 0) is 24.2 Å². The Bertz CT molecular complexity index is 987. The Balaban J connectivity index is 1.42. The molecule has 0 saturated carbocycles. The van der Waals surface area contributed by atoms with E-state index in [4.69, 9.17) is 0 Å². The van der Waals surface area contributed by atoms with Gasteiger partial charge in [-0.3, -0.25) is 4.79 Å². The highest BCUT2D eigenvalue weighted by Gasteiger charge is 2.23. The standard InChI is InChI=1S/C22H21N3OS2/c23-13-19-18-7-4-8-20(18)28-22(19)24-21(26)9-11-25(14-16-10-12-27-15-16)17-5-2-1-3-6-17/h1-3,5-6,10,12,15H,4,7-9,11,14H2,(H,24,26). The molecule has 0 unspecified atom stereocenters. The molecule has 142 valence electrons. The van der Waals surface area contributed by atoms with Crippen molar-refractivity contribution in [2.75, 3.05) is 16.8 Å². The molecule has 28 heavy (non-hydrogen) atoms. The predicted octanol–water partition coefficient (Wildman–Crippen LogP) is 5.21. The molecular weight excluding hydrogens is 386 g/mol. The summed E-state index contributed by atoms with van der Waals surface area (Å²) in [6.45, 7) is 1.40. The van der Waals surface area contributed by atoms with Gasteiger partial charge < -0.3 is 10.2 Å². The average molecular weight is 408 g/mol. The van der Waals surface area contributed by atoms with Crippen LogP contribution >= 0.6 is 22.7 Å². The molecule has 0 bridgehead atoms. The van der Waals surface area contributed by atoms with Crippen molar-refractivity contribution in [3.63, 3.8) is 0 Å². The van der Waals surface area contributed by atoms with Crippen LogP contribution in [0, 0.1) is 11.3 Å². The summed E-state index contributed by atoms with van der Waals surface area (Å²) in [5.41, 5.74) is 4.17. The van der Waals surface area contributed by atoms with Crippen molar-refractivity contribution in [1.29, 1.82) is 5.26 Å². The number of anilines is 2. The van der Waals surface area contributed by atoms with Gasteiger partial charge in [-0.2, -0.15) is 16.6 Å². The predicted molar refractivity (Wildman–Crippen MR) is 116 cm³/mol. The van der Waals surface area contributed by atoms with Crippen molar-refractivity contribution in [1.82, 2.24) is 0 Å². The summed E-state index contributed by atoms with van der Waals surface area (Å²) in [7, 11) is 0. The van der Waals surface area contributed by atoms with Gasteiger partial charge in [0.25, 0.3) is 0 Å². The largest absolute Gasteiger partial charge is 0.367 e. The third-order valence-electron chi connectivity index (χ3n) is 4.97. The number of nitrogens with one attached hydrogen (secondary N) is 1. The van der Waals surface area contributed by atoms with E-state index < -0.39 is 0 Å². The lowest BCUT2D eigenvalue weighted by molar-refractivity contribution is -0.116. The fourth-order valence-electron chi connectivity index (χ4n) is 3.58. The first-order valence-electron chi connectivity index (χ1n) is 9.40. The number of rotatable bonds is 7. The number of hydrogen-bond donors (Lipinski definition) is 1. The van der Waals surface area contributed by atoms with Crippen LogP contribution in [0.4, 0.5) is 10.7 Å². The zero-order valence-corrected chi connectivity index (χ0v) is 17.1. The summed E-state index contributed by atoms with van der Waals surface area (Å²) in [5, 5.41) is 17.4. The second kappa shape index (κ2) is 8.59. The molecule has 0 saturated heterocycles. The molecule has 1 aliphatic rings. The van der Waals surface area contributed by atoms with Crippen LogP contribution in [0.5, 0.6) is 0 Å². The van der Waals surface area contributed by atoms with Crippen LogP contribution in [0.3, 0.4) is 0 Å². The van der Waals surface area contributed by atoms with E-state index >= 15 is 0 Å². The number of fused-ring (bicyclic) bond motifs is 1.